The summed E-state index contributed by atoms with van der Waals surface area (Å²) in [7, 11) is 4.68. The Morgan fingerprint density at radius 2 is 1.83 bits per heavy atom. The fourth-order valence-electron chi connectivity index (χ4n) is 3.61. The predicted molar refractivity (Wildman–Crippen MR) is 110 cm³/mol. The van der Waals surface area contributed by atoms with Crippen molar-refractivity contribution in [3.8, 4) is 22.9 Å². The number of nitrogens with zero attached hydrogens (tertiary/aromatic N) is 2. The first-order valence-corrected chi connectivity index (χ1v) is 9.36. The largest absolute Gasteiger partial charge is 0.493 e. The molecular formula is C21H20ClN3O4. The van der Waals surface area contributed by atoms with Crippen molar-refractivity contribution in [3.05, 3.63) is 59.0 Å². The van der Waals surface area contributed by atoms with Gasteiger partial charge in [-0.3, -0.25) is 9.36 Å². The van der Waals surface area contributed by atoms with Crippen LogP contribution in [0.4, 0.5) is 5.82 Å². The van der Waals surface area contributed by atoms with Crippen LogP contribution in [0.5, 0.6) is 17.2 Å². The molecule has 1 aliphatic heterocycles. The third-order valence-corrected chi connectivity index (χ3v) is 5.18. The summed E-state index contributed by atoms with van der Waals surface area (Å²) in [5, 5.41) is 3.54. The van der Waals surface area contributed by atoms with Crippen molar-refractivity contribution in [2.45, 2.75) is 12.3 Å². The minimum Gasteiger partial charge on any atom is -0.493 e. The Morgan fingerprint density at radius 3 is 2.45 bits per heavy atom. The molecule has 2 heterocycles. The average Bonchev–Trinajstić information content (AvgIpc) is 3.15. The second kappa shape index (κ2) is 7.67. The standard InChI is InChI=1S/C21H20ClN3O4/c1-27-16-7-12(8-17(28-2)20(16)29-3)15-10-18(26)24-21-19(15)23-11-25(21)14-6-4-5-13(22)9-14/h4-9,11,15H,10H2,1-3H3,(H,24,26). The van der Waals surface area contributed by atoms with E-state index in [1.54, 1.807) is 33.7 Å². The van der Waals surface area contributed by atoms with Crippen molar-refractivity contribution in [2.24, 2.45) is 0 Å². The number of benzene rings is 2. The van der Waals surface area contributed by atoms with Gasteiger partial charge in [-0.1, -0.05) is 17.7 Å². The number of hydrogen-bond donors (Lipinski definition) is 1. The maximum absolute atomic E-state index is 12.5. The highest BCUT2D eigenvalue weighted by atomic mass is 35.5. The van der Waals surface area contributed by atoms with E-state index >= 15 is 0 Å². The Hall–Kier alpha value is -3.19. The number of fused-ring (bicyclic) bond motifs is 1. The van der Waals surface area contributed by atoms with Crippen molar-refractivity contribution < 1.29 is 19.0 Å². The Balaban J connectivity index is 1.84. The molecular weight excluding hydrogens is 394 g/mol. The van der Waals surface area contributed by atoms with E-state index in [0.717, 1.165) is 16.9 Å². The van der Waals surface area contributed by atoms with Gasteiger partial charge in [-0.25, -0.2) is 4.98 Å². The zero-order chi connectivity index (χ0) is 20.5. The van der Waals surface area contributed by atoms with E-state index in [1.165, 1.54) is 0 Å². The van der Waals surface area contributed by atoms with Gasteiger partial charge in [0.05, 0.1) is 27.0 Å². The molecule has 0 radical (unpaired) electrons. The highest BCUT2D eigenvalue weighted by Crippen LogP contribution is 2.44. The summed E-state index contributed by atoms with van der Waals surface area (Å²) in [5.74, 6) is 1.84. The Bertz CT molecular complexity index is 1050. The highest BCUT2D eigenvalue weighted by Gasteiger charge is 2.32. The van der Waals surface area contributed by atoms with Crippen molar-refractivity contribution in [1.82, 2.24) is 9.55 Å². The lowest BCUT2D eigenvalue weighted by Crippen LogP contribution is -2.25. The van der Waals surface area contributed by atoms with Crippen LogP contribution in [0.15, 0.2) is 42.7 Å². The van der Waals surface area contributed by atoms with Gasteiger partial charge in [0, 0.05) is 23.0 Å². The maximum Gasteiger partial charge on any atom is 0.226 e. The van der Waals surface area contributed by atoms with Crippen LogP contribution in [0.3, 0.4) is 0 Å². The van der Waals surface area contributed by atoms with E-state index in [4.69, 9.17) is 25.8 Å². The monoisotopic (exact) mass is 413 g/mol. The summed E-state index contributed by atoms with van der Waals surface area (Å²) in [6.07, 6.45) is 1.95. The average molecular weight is 414 g/mol. The molecule has 29 heavy (non-hydrogen) atoms. The first kappa shape index (κ1) is 19.1. The van der Waals surface area contributed by atoms with E-state index < -0.39 is 0 Å². The van der Waals surface area contributed by atoms with Crippen LogP contribution in [0, 0.1) is 0 Å². The summed E-state index contributed by atoms with van der Waals surface area (Å²) in [6, 6.07) is 11.1. The molecule has 7 nitrogen and oxygen atoms in total. The Kier molecular flexibility index (Phi) is 5.07. The minimum atomic E-state index is -0.257. The normalized spacial score (nSPS) is 15.4. The molecule has 2 aromatic carbocycles. The smallest absolute Gasteiger partial charge is 0.226 e. The summed E-state index contributed by atoms with van der Waals surface area (Å²) in [6.45, 7) is 0. The Labute approximate surface area is 173 Å². The molecule has 1 unspecified atom stereocenters. The van der Waals surface area contributed by atoms with Crippen molar-refractivity contribution >= 4 is 23.3 Å². The molecule has 1 N–H and O–H groups in total. The lowest BCUT2D eigenvalue weighted by Gasteiger charge is -2.24. The number of amides is 1. The lowest BCUT2D eigenvalue weighted by molar-refractivity contribution is -0.116. The van der Waals surface area contributed by atoms with Crippen LogP contribution in [0.2, 0.25) is 5.02 Å². The number of nitrogens with one attached hydrogen (secondary N) is 1. The number of carbonyl (C=O) groups excluding carboxylic acids is 1. The summed E-state index contributed by atoms with van der Waals surface area (Å²) in [4.78, 5) is 17.1. The Morgan fingerprint density at radius 1 is 1.10 bits per heavy atom. The van der Waals surface area contributed by atoms with Crippen molar-refractivity contribution in [3.63, 3.8) is 0 Å². The van der Waals surface area contributed by atoms with Crippen LogP contribution >= 0.6 is 11.6 Å². The number of hydrogen-bond acceptors (Lipinski definition) is 5. The van der Waals surface area contributed by atoms with Gasteiger partial charge in [0.25, 0.3) is 0 Å². The molecule has 0 fully saturated rings. The number of aromatic nitrogens is 2. The van der Waals surface area contributed by atoms with Crippen LogP contribution in [0.25, 0.3) is 5.69 Å². The van der Waals surface area contributed by atoms with Crippen molar-refractivity contribution in [1.29, 1.82) is 0 Å². The van der Waals surface area contributed by atoms with Crippen molar-refractivity contribution in [2.75, 3.05) is 26.6 Å². The van der Waals surface area contributed by atoms with Gasteiger partial charge in [0.15, 0.2) is 11.5 Å². The van der Waals surface area contributed by atoms with Crippen LogP contribution in [0.1, 0.15) is 23.6 Å². The van der Waals surface area contributed by atoms with Crippen LogP contribution in [-0.2, 0) is 4.79 Å². The van der Waals surface area contributed by atoms with Gasteiger partial charge in [-0.2, -0.15) is 0 Å². The molecule has 0 spiro atoms. The lowest BCUT2D eigenvalue weighted by atomic mass is 9.89. The first-order chi connectivity index (χ1) is 14.0. The molecule has 0 aliphatic carbocycles. The topological polar surface area (TPSA) is 74.6 Å². The number of halogens is 1. The van der Waals surface area contributed by atoms with E-state index in [9.17, 15) is 4.79 Å². The third-order valence-electron chi connectivity index (χ3n) is 4.95. The number of ether oxygens (including phenoxy) is 3. The SMILES string of the molecule is COc1cc(C2CC(=O)Nc3c2ncn3-c2cccc(Cl)c2)cc(OC)c1OC. The molecule has 1 aromatic heterocycles. The van der Waals surface area contributed by atoms with E-state index in [1.807, 2.05) is 34.9 Å². The van der Waals surface area contributed by atoms with Gasteiger partial charge < -0.3 is 19.5 Å². The van der Waals surface area contributed by atoms with E-state index in [-0.39, 0.29) is 18.2 Å². The van der Waals surface area contributed by atoms with Crippen LogP contribution < -0.4 is 19.5 Å². The fourth-order valence-corrected chi connectivity index (χ4v) is 3.79. The molecule has 0 saturated heterocycles. The second-order valence-corrected chi connectivity index (χ2v) is 7.03. The molecule has 1 atom stereocenters. The molecule has 4 rings (SSSR count). The predicted octanol–water partition coefficient (Wildman–Crippen LogP) is 4.03. The number of rotatable bonds is 5. The first-order valence-electron chi connectivity index (χ1n) is 8.98. The minimum absolute atomic E-state index is 0.0972. The third kappa shape index (κ3) is 3.38. The number of anilines is 1. The van der Waals surface area contributed by atoms with Crippen LogP contribution in [-0.4, -0.2) is 36.8 Å². The second-order valence-electron chi connectivity index (χ2n) is 6.59. The molecule has 8 heteroatoms. The molecule has 3 aromatic rings. The van der Waals surface area contributed by atoms with Gasteiger partial charge >= 0.3 is 0 Å². The fraction of sp³-hybridized carbons (Fsp3) is 0.238. The quantitative estimate of drug-likeness (QED) is 0.683. The van der Waals surface area contributed by atoms with Gasteiger partial charge in [-0.15, -0.1) is 0 Å². The van der Waals surface area contributed by atoms with Gasteiger partial charge in [0.1, 0.15) is 12.1 Å². The number of carbonyl (C=O) groups is 1. The number of methoxy groups -OCH3 is 3. The summed E-state index contributed by atoms with van der Waals surface area (Å²) >= 11 is 6.13. The summed E-state index contributed by atoms with van der Waals surface area (Å²) in [5.41, 5.74) is 2.43. The highest BCUT2D eigenvalue weighted by molar-refractivity contribution is 6.30. The number of imidazole rings is 1. The zero-order valence-electron chi connectivity index (χ0n) is 16.2. The molecule has 0 saturated carbocycles. The van der Waals surface area contributed by atoms with Gasteiger partial charge in [-0.05, 0) is 35.9 Å². The molecule has 0 bridgehead atoms. The summed E-state index contributed by atoms with van der Waals surface area (Å²) < 4.78 is 18.2. The molecule has 1 amide bonds. The maximum atomic E-state index is 12.5. The van der Waals surface area contributed by atoms with Gasteiger partial charge in [0.2, 0.25) is 11.7 Å². The molecule has 150 valence electrons. The molecule has 1 aliphatic rings. The zero-order valence-corrected chi connectivity index (χ0v) is 17.0. The van der Waals surface area contributed by atoms with E-state index in [2.05, 4.69) is 10.3 Å². The van der Waals surface area contributed by atoms with E-state index in [0.29, 0.717) is 28.1 Å².